The minimum atomic E-state index is -0.877. The van der Waals surface area contributed by atoms with Crippen LogP contribution in [0.15, 0.2) is 12.2 Å². The maximum atomic E-state index is 12.4. The van der Waals surface area contributed by atoms with E-state index in [0.717, 1.165) is 25.7 Å². The third kappa shape index (κ3) is 10.9. The van der Waals surface area contributed by atoms with Crippen molar-refractivity contribution in [2.45, 2.75) is 78.6 Å². The van der Waals surface area contributed by atoms with Gasteiger partial charge in [-0.05, 0) is 39.5 Å². The molecule has 0 rings (SSSR count). The van der Waals surface area contributed by atoms with Crippen molar-refractivity contribution in [1.29, 1.82) is 0 Å². The lowest BCUT2D eigenvalue weighted by Crippen LogP contribution is -2.36. The number of carbonyl (C=O) groups excluding carboxylic acids is 1. The van der Waals surface area contributed by atoms with Crippen molar-refractivity contribution in [3.63, 3.8) is 0 Å². The van der Waals surface area contributed by atoms with Crippen molar-refractivity contribution in [2.24, 2.45) is 5.92 Å². The Bertz CT molecular complexity index is 349. The summed E-state index contributed by atoms with van der Waals surface area (Å²) in [6, 6.07) is 0. The molecule has 4 nitrogen and oxygen atoms in total. The van der Waals surface area contributed by atoms with Gasteiger partial charge in [-0.3, -0.25) is 9.59 Å². The summed E-state index contributed by atoms with van der Waals surface area (Å²) in [6.07, 6.45) is 13.0. The SMILES string of the molecule is CC/C=C/CCCCCCCC(CC(=O)O)C(=O)N(CC)CC. The summed E-state index contributed by atoms with van der Waals surface area (Å²) in [5, 5.41) is 9.03. The molecule has 0 saturated heterocycles. The van der Waals surface area contributed by atoms with Gasteiger partial charge in [-0.1, -0.05) is 44.8 Å². The van der Waals surface area contributed by atoms with Gasteiger partial charge >= 0.3 is 5.97 Å². The number of carbonyl (C=O) groups is 2. The lowest BCUT2D eigenvalue weighted by Gasteiger charge is -2.24. The van der Waals surface area contributed by atoms with Crippen molar-refractivity contribution >= 4 is 11.9 Å². The molecule has 0 bridgehead atoms. The highest BCUT2D eigenvalue weighted by Gasteiger charge is 2.24. The highest BCUT2D eigenvalue weighted by Crippen LogP contribution is 2.18. The molecular formula is C19H35NO3. The van der Waals surface area contributed by atoms with E-state index in [2.05, 4.69) is 19.1 Å². The van der Waals surface area contributed by atoms with Gasteiger partial charge in [-0.2, -0.15) is 0 Å². The van der Waals surface area contributed by atoms with E-state index in [9.17, 15) is 9.59 Å². The van der Waals surface area contributed by atoms with Crippen molar-refractivity contribution in [2.75, 3.05) is 13.1 Å². The second-order valence-corrected chi connectivity index (χ2v) is 6.03. The molecule has 23 heavy (non-hydrogen) atoms. The minimum absolute atomic E-state index is 0.00195. The molecule has 0 heterocycles. The smallest absolute Gasteiger partial charge is 0.304 e. The number of allylic oxidation sites excluding steroid dienone is 2. The summed E-state index contributed by atoms with van der Waals surface area (Å²) in [5.41, 5.74) is 0. The van der Waals surface area contributed by atoms with Crippen LogP contribution in [0.1, 0.15) is 78.6 Å². The van der Waals surface area contributed by atoms with Gasteiger partial charge in [0.05, 0.1) is 6.42 Å². The molecule has 1 amide bonds. The Kier molecular flexibility index (Phi) is 13.5. The average molecular weight is 325 g/mol. The maximum Gasteiger partial charge on any atom is 0.304 e. The first kappa shape index (κ1) is 21.7. The molecule has 0 aromatic carbocycles. The fourth-order valence-corrected chi connectivity index (χ4v) is 2.78. The average Bonchev–Trinajstić information content (AvgIpc) is 2.52. The molecule has 1 N–H and O–H groups in total. The van der Waals surface area contributed by atoms with E-state index >= 15 is 0 Å². The molecule has 1 atom stereocenters. The monoisotopic (exact) mass is 325 g/mol. The van der Waals surface area contributed by atoms with E-state index in [1.807, 2.05) is 13.8 Å². The number of carboxylic acid groups (broad SMARTS) is 1. The van der Waals surface area contributed by atoms with Crippen molar-refractivity contribution in [3.05, 3.63) is 12.2 Å². The number of hydrogen-bond acceptors (Lipinski definition) is 2. The Morgan fingerprint density at radius 3 is 2.13 bits per heavy atom. The molecule has 0 aliphatic rings. The van der Waals surface area contributed by atoms with E-state index < -0.39 is 5.97 Å². The molecule has 0 aliphatic carbocycles. The first-order chi connectivity index (χ1) is 11.1. The van der Waals surface area contributed by atoms with Crippen LogP contribution in [-0.4, -0.2) is 35.0 Å². The van der Waals surface area contributed by atoms with Crippen LogP contribution in [0.2, 0.25) is 0 Å². The topological polar surface area (TPSA) is 57.6 Å². The summed E-state index contributed by atoms with van der Waals surface area (Å²) in [6.45, 7) is 7.31. The fraction of sp³-hybridized carbons (Fsp3) is 0.789. The van der Waals surface area contributed by atoms with E-state index in [1.54, 1.807) is 4.90 Å². The van der Waals surface area contributed by atoms with Gasteiger partial charge in [-0.15, -0.1) is 0 Å². The number of rotatable bonds is 14. The fourth-order valence-electron chi connectivity index (χ4n) is 2.78. The highest BCUT2D eigenvalue weighted by atomic mass is 16.4. The Balaban J connectivity index is 4.04. The molecule has 0 saturated carbocycles. The van der Waals surface area contributed by atoms with Crippen LogP contribution in [0.25, 0.3) is 0 Å². The highest BCUT2D eigenvalue weighted by molar-refractivity contribution is 5.83. The summed E-state index contributed by atoms with van der Waals surface area (Å²) in [4.78, 5) is 25.1. The number of hydrogen-bond donors (Lipinski definition) is 1. The quantitative estimate of drug-likeness (QED) is 0.374. The van der Waals surface area contributed by atoms with Crippen LogP contribution in [0.4, 0.5) is 0 Å². The minimum Gasteiger partial charge on any atom is -0.481 e. The lowest BCUT2D eigenvalue weighted by molar-refractivity contribution is -0.144. The number of amides is 1. The molecule has 0 radical (unpaired) electrons. The third-order valence-electron chi connectivity index (χ3n) is 4.17. The zero-order chi connectivity index (χ0) is 17.5. The van der Waals surface area contributed by atoms with Crippen LogP contribution in [-0.2, 0) is 9.59 Å². The predicted octanol–water partition coefficient (Wildman–Crippen LogP) is 4.64. The number of nitrogens with zero attached hydrogens (tertiary/aromatic N) is 1. The van der Waals surface area contributed by atoms with Crippen molar-refractivity contribution in [1.82, 2.24) is 4.90 Å². The van der Waals surface area contributed by atoms with E-state index in [-0.39, 0.29) is 18.2 Å². The van der Waals surface area contributed by atoms with Gasteiger partial charge in [0.1, 0.15) is 0 Å². The molecule has 0 aliphatic heterocycles. The zero-order valence-corrected chi connectivity index (χ0v) is 15.2. The first-order valence-electron chi connectivity index (χ1n) is 9.22. The van der Waals surface area contributed by atoms with E-state index in [1.165, 1.54) is 19.3 Å². The van der Waals surface area contributed by atoms with E-state index in [4.69, 9.17) is 5.11 Å². The first-order valence-corrected chi connectivity index (χ1v) is 9.22. The van der Waals surface area contributed by atoms with Crippen LogP contribution < -0.4 is 0 Å². The number of carboxylic acids is 1. The molecule has 0 fully saturated rings. The number of aliphatic carboxylic acids is 1. The molecule has 0 aromatic rings. The molecule has 134 valence electrons. The van der Waals surface area contributed by atoms with Crippen molar-refractivity contribution < 1.29 is 14.7 Å². The molecule has 1 unspecified atom stereocenters. The third-order valence-corrected chi connectivity index (χ3v) is 4.17. The van der Waals surface area contributed by atoms with Crippen LogP contribution in [0, 0.1) is 5.92 Å². The summed E-state index contributed by atoms with van der Waals surface area (Å²) >= 11 is 0. The van der Waals surface area contributed by atoms with Gasteiger partial charge in [0, 0.05) is 19.0 Å². The second-order valence-electron chi connectivity index (χ2n) is 6.03. The second kappa shape index (κ2) is 14.3. The standard InChI is InChI=1S/C19H35NO3/c1-4-7-8-9-10-11-12-13-14-15-17(16-18(21)22)19(23)20(5-2)6-3/h7-8,17H,4-6,9-16H2,1-3H3,(H,21,22)/b8-7+. The normalized spacial score (nSPS) is 12.5. The molecule has 0 aromatic heterocycles. The largest absolute Gasteiger partial charge is 0.481 e. The van der Waals surface area contributed by atoms with Gasteiger partial charge in [0.2, 0.25) is 5.91 Å². The zero-order valence-electron chi connectivity index (χ0n) is 15.2. The lowest BCUT2D eigenvalue weighted by atomic mass is 9.95. The van der Waals surface area contributed by atoms with Crippen LogP contribution in [0.5, 0.6) is 0 Å². The Morgan fingerprint density at radius 2 is 1.57 bits per heavy atom. The van der Waals surface area contributed by atoms with Crippen LogP contribution >= 0.6 is 0 Å². The summed E-state index contributed by atoms with van der Waals surface area (Å²) in [7, 11) is 0. The molecule has 4 heteroatoms. The van der Waals surface area contributed by atoms with Gasteiger partial charge in [0.25, 0.3) is 0 Å². The van der Waals surface area contributed by atoms with Crippen molar-refractivity contribution in [3.8, 4) is 0 Å². The Hall–Kier alpha value is -1.32. The Labute approximate surface area is 141 Å². The molecular weight excluding hydrogens is 290 g/mol. The summed E-state index contributed by atoms with van der Waals surface area (Å²) < 4.78 is 0. The maximum absolute atomic E-state index is 12.4. The van der Waals surface area contributed by atoms with E-state index in [0.29, 0.717) is 19.5 Å². The van der Waals surface area contributed by atoms with Gasteiger partial charge in [-0.25, -0.2) is 0 Å². The molecule has 0 spiro atoms. The van der Waals surface area contributed by atoms with Gasteiger partial charge in [0.15, 0.2) is 0 Å². The number of unbranched alkanes of at least 4 members (excludes halogenated alkanes) is 5. The predicted molar refractivity (Wildman–Crippen MR) is 95.4 cm³/mol. The van der Waals surface area contributed by atoms with Crippen LogP contribution in [0.3, 0.4) is 0 Å². The Morgan fingerprint density at radius 1 is 0.957 bits per heavy atom. The van der Waals surface area contributed by atoms with Gasteiger partial charge < -0.3 is 10.0 Å². The summed E-state index contributed by atoms with van der Waals surface area (Å²) in [5.74, 6) is -1.24.